The maximum atomic E-state index is 12.4. The van der Waals surface area contributed by atoms with Gasteiger partial charge in [-0.1, -0.05) is 0 Å². The van der Waals surface area contributed by atoms with Crippen LogP contribution in [0.2, 0.25) is 0 Å². The van der Waals surface area contributed by atoms with Crippen molar-refractivity contribution in [2.45, 2.75) is 32.3 Å². The molecular formula is C12H22N2O5S. The Kier molecular flexibility index (Phi) is 4.38. The molecule has 2 rings (SSSR count). The number of esters is 1. The van der Waals surface area contributed by atoms with Crippen LogP contribution in [-0.4, -0.2) is 66.5 Å². The number of nitrogens with zero attached hydrogens (tertiary/aromatic N) is 2. The summed E-state index contributed by atoms with van der Waals surface area (Å²) >= 11 is 0. The van der Waals surface area contributed by atoms with E-state index in [4.69, 9.17) is 4.74 Å². The lowest BCUT2D eigenvalue weighted by Gasteiger charge is -2.45. The minimum Gasteiger partial charge on any atom is -0.466 e. The highest BCUT2D eigenvalue weighted by Crippen LogP contribution is 2.28. The molecule has 0 aromatic heterocycles. The Balaban J connectivity index is 2.00. The number of rotatable bonds is 4. The molecule has 2 saturated heterocycles. The summed E-state index contributed by atoms with van der Waals surface area (Å²) < 4.78 is 32.3. The van der Waals surface area contributed by atoms with Crippen LogP contribution in [0.3, 0.4) is 0 Å². The molecule has 0 spiro atoms. The molecule has 2 fully saturated rings. The molecule has 7 nitrogen and oxygen atoms in total. The number of aliphatic hydroxyl groups is 1. The van der Waals surface area contributed by atoms with Crippen molar-refractivity contribution in [3.63, 3.8) is 0 Å². The fraction of sp³-hybridized carbons (Fsp3) is 0.917. The Morgan fingerprint density at radius 2 is 2.05 bits per heavy atom. The topological polar surface area (TPSA) is 87.2 Å². The van der Waals surface area contributed by atoms with E-state index in [-0.39, 0.29) is 31.5 Å². The molecule has 20 heavy (non-hydrogen) atoms. The number of piperidine rings is 1. The van der Waals surface area contributed by atoms with Crippen LogP contribution < -0.4 is 0 Å². The summed E-state index contributed by atoms with van der Waals surface area (Å²) in [5, 5.41) is 9.66. The van der Waals surface area contributed by atoms with Crippen LogP contribution in [0.25, 0.3) is 0 Å². The van der Waals surface area contributed by atoms with Crippen molar-refractivity contribution in [3.05, 3.63) is 0 Å². The third-order valence-corrected chi connectivity index (χ3v) is 5.59. The van der Waals surface area contributed by atoms with Gasteiger partial charge in [-0.25, -0.2) is 0 Å². The quantitative estimate of drug-likeness (QED) is 0.712. The molecule has 2 aliphatic rings. The van der Waals surface area contributed by atoms with Gasteiger partial charge in [0.2, 0.25) is 0 Å². The van der Waals surface area contributed by atoms with E-state index in [2.05, 4.69) is 0 Å². The van der Waals surface area contributed by atoms with Crippen molar-refractivity contribution < 1.29 is 23.1 Å². The Hall–Kier alpha value is -0.700. The van der Waals surface area contributed by atoms with E-state index in [1.165, 1.54) is 8.61 Å². The molecule has 2 aliphatic heterocycles. The van der Waals surface area contributed by atoms with Crippen LogP contribution in [0.15, 0.2) is 0 Å². The first-order valence-corrected chi connectivity index (χ1v) is 8.30. The normalized spacial score (nSPS) is 27.9. The van der Waals surface area contributed by atoms with Crippen molar-refractivity contribution in [1.82, 2.24) is 8.61 Å². The zero-order valence-corrected chi connectivity index (χ0v) is 12.7. The largest absolute Gasteiger partial charge is 0.466 e. The van der Waals surface area contributed by atoms with Crippen molar-refractivity contribution in [2.75, 3.05) is 32.8 Å². The average molecular weight is 306 g/mol. The summed E-state index contributed by atoms with van der Waals surface area (Å²) in [6.07, 6.45) is 1.30. The minimum absolute atomic E-state index is 0.107. The number of carbonyl (C=O) groups excluding carboxylic acids is 1. The van der Waals surface area contributed by atoms with Crippen molar-refractivity contribution in [2.24, 2.45) is 5.92 Å². The lowest BCUT2D eigenvalue weighted by atomic mass is 10.0. The summed E-state index contributed by atoms with van der Waals surface area (Å²) in [6.45, 7) is 4.44. The van der Waals surface area contributed by atoms with Gasteiger partial charge in [-0.15, -0.1) is 0 Å². The van der Waals surface area contributed by atoms with Gasteiger partial charge in [-0.05, 0) is 26.7 Å². The number of carbonyl (C=O) groups is 1. The van der Waals surface area contributed by atoms with Crippen LogP contribution in [0.4, 0.5) is 0 Å². The molecule has 1 unspecified atom stereocenters. The van der Waals surface area contributed by atoms with E-state index in [1.54, 1.807) is 13.8 Å². The maximum Gasteiger partial charge on any atom is 0.310 e. The first kappa shape index (κ1) is 15.7. The van der Waals surface area contributed by atoms with Crippen molar-refractivity contribution in [1.29, 1.82) is 0 Å². The molecule has 0 saturated carbocycles. The SMILES string of the molecule is CCOC(=O)C1CCCN(S(=O)(=O)N2CC(C)(O)C2)C1. The van der Waals surface area contributed by atoms with Gasteiger partial charge in [0, 0.05) is 26.2 Å². The molecule has 0 aromatic rings. The number of ether oxygens (including phenoxy) is 1. The molecule has 8 heteroatoms. The average Bonchev–Trinajstić information content (AvgIpc) is 2.36. The maximum absolute atomic E-state index is 12.4. The Morgan fingerprint density at radius 1 is 1.40 bits per heavy atom. The molecule has 0 aromatic carbocycles. The molecule has 1 N–H and O–H groups in total. The standard InChI is InChI=1S/C12H22N2O5S/c1-3-19-11(15)10-5-4-6-13(7-10)20(17,18)14-8-12(2,16)9-14/h10,16H,3-9H2,1-2H3. The van der Waals surface area contributed by atoms with Crippen LogP contribution in [0.1, 0.15) is 26.7 Å². The summed E-state index contributed by atoms with van der Waals surface area (Å²) in [5.74, 6) is -0.719. The second-order valence-electron chi connectivity index (χ2n) is 5.72. The van der Waals surface area contributed by atoms with E-state index < -0.39 is 15.8 Å². The lowest BCUT2D eigenvalue weighted by molar-refractivity contribution is -0.149. The summed E-state index contributed by atoms with van der Waals surface area (Å²) in [5.41, 5.74) is -0.941. The van der Waals surface area contributed by atoms with Crippen LogP contribution in [0, 0.1) is 5.92 Å². The molecule has 2 heterocycles. The van der Waals surface area contributed by atoms with Crippen molar-refractivity contribution in [3.8, 4) is 0 Å². The first-order valence-electron chi connectivity index (χ1n) is 6.90. The summed E-state index contributed by atoms with van der Waals surface area (Å²) in [4.78, 5) is 11.7. The fourth-order valence-corrected chi connectivity index (χ4v) is 4.58. The lowest BCUT2D eigenvalue weighted by Crippen LogP contribution is -2.65. The third-order valence-electron chi connectivity index (χ3n) is 3.69. The predicted octanol–water partition coefficient (Wildman–Crippen LogP) is -0.427. The zero-order valence-electron chi connectivity index (χ0n) is 11.9. The van der Waals surface area contributed by atoms with E-state index in [1.807, 2.05) is 0 Å². The smallest absolute Gasteiger partial charge is 0.310 e. The number of hydrogen-bond acceptors (Lipinski definition) is 5. The molecule has 116 valence electrons. The summed E-state index contributed by atoms with van der Waals surface area (Å²) in [6, 6.07) is 0. The molecule has 0 radical (unpaired) electrons. The first-order chi connectivity index (χ1) is 9.26. The minimum atomic E-state index is -3.58. The molecule has 0 bridgehead atoms. The van der Waals surface area contributed by atoms with Gasteiger partial charge >= 0.3 is 5.97 Å². The second kappa shape index (κ2) is 5.59. The molecule has 1 atom stereocenters. The third kappa shape index (κ3) is 3.13. The van der Waals surface area contributed by atoms with Gasteiger partial charge in [-0.2, -0.15) is 17.0 Å². The van der Waals surface area contributed by atoms with E-state index in [0.29, 0.717) is 26.0 Å². The fourth-order valence-electron chi connectivity index (χ4n) is 2.64. The van der Waals surface area contributed by atoms with Gasteiger partial charge in [0.25, 0.3) is 10.2 Å². The molecule has 0 amide bonds. The van der Waals surface area contributed by atoms with Crippen molar-refractivity contribution >= 4 is 16.2 Å². The van der Waals surface area contributed by atoms with Crippen LogP contribution >= 0.6 is 0 Å². The van der Waals surface area contributed by atoms with Gasteiger partial charge in [0.05, 0.1) is 18.1 Å². The van der Waals surface area contributed by atoms with E-state index in [0.717, 1.165) is 0 Å². The Labute approximate surface area is 119 Å². The highest BCUT2D eigenvalue weighted by Gasteiger charge is 2.46. The Morgan fingerprint density at radius 3 is 2.60 bits per heavy atom. The molecular weight excluding hydrogens is 284 g/mol. The monoisotopic (exact) mass is 306 g/mol. The molecule has 0 aliphatic carbocycles. The van der Waals surface area contributed by atoms with Gasteiger partial charge in [0.1, 0.15) is 0 Å². The Bertz CT molecular complexity index is 468. The predicted molar refractivity (Wildman–Crippen MR) is 72.0 cm³/mol. The number of β-amino-alcohol motifs (C(OH)–C–C–N with tert-alkyl or cyclic N) is 1. The second-order valence-corrected chi connectivity index (χ2v) is 7.65. The highest BCUT2D eigenvalue weighted by molar-refractivity contribution is 7.86. The zero-order chi connectivity index (χ0) is 15.0. The van der Waals surface area contributed by atoms with Crippen LogP contribution in [-0.2, 0) is 19.7 Å². The van der Waals surface area contributed by atoms with Crippen LogP contribution in [0.5, 0.6) is 0 Å². The van der Waals surface area contributed by atoms with E-state index >= 15 is 0 Å². The number of hydrogen-bond donors (Lipinski definition) is 1. The summed E-state index contributed by atoms with van der Waals surface area (Å²) in [7, 11) is -3.58. The van der Waals surface area contributed by atoms with E-state index in [9.17, 15) is 18.3 Å². The highest BCUT2D eigenvalue weighted by atomic mass is 32.2. The van der Waals surface area contributed by atoms with Gasteiger partial charge < -0.3 is 9.84 Å². The van der Waals surface area contributed by atoms with Gasteiger partial charge in [0.15, 0.2) is 0 Å². The van der Waals surface area contributed by atoms with Gasteiger partial charge in [-0.3, -0.25) is 4.79 Å².